The highest BCUT2D eigenvalue weighted by molar-refractivity contribution is 5.87. The van der Waals surface area contributed by atoms with Crippen LogP contribution in [-0.2, 0) is 7.05 Å². The van der Waals surface area contributed by atoms with E-state index >= 15 is 0 Å². The minimum atomic E-state index is 0.554. The molecule has 6 rings (SSSR count). The summed E-state index contributed by atoms with van der Waals surface area (Å²) in [6.07, 6.45) is 16.7. The second-order valence-electron chi connectivity index (χ2n) is 9.97. The van der Waals surface area contributed by atoms with E-state index in [0.29, 0.717) is 17.6 Å². The molecule has 0 aromatic carbocycles. The fourth-order valence-corrected chi connectivity index (χ4v) is 6.19. The molecule has 2 bridgehead atoms. The Labute approximate surface area is 205 Å². The highest BCUT2D eigenvalue weighted by Crippen LogP contribution is 2.41. The van der Waals surface area contributed by atoms with Crippen molar-refractivity contribution in [3.8, 4) is 28.3 Å². The highest BCUT2D eigenvalue weighted by atomic mass is 15.3. The van der Waals surface area contributed by atoms with Crippen LogP contribution in [0.2, 0.25) is 0 Å². The quantitative estimate of drug-likeness (QED) is 0.474. The van der Waals surface area contributed by atoms with E-state index in [1.165, 1.54) is 32.1 Å². The van der Waals surface area contributed by atoms with E-state index in [1.807, 2.05) is 31.8 Å². The first-order valence-electron chi connectivity index (χ1n) is 12.5. The van der Waals surface area contributed by atoms with E-state index in [1.54, 1.807) is 15.4 Å². The van der Waals surface area contributed by atoms with Crippen LogP contribution >= 0.6 is 0 Å². The van der Waals surface area contributed by atoms with Crippen LogP contribution in [0.1, 0.15) is 44.1 Å². The predicted molar refractivity (Wildman–Crippen MR) is 136 cm³/mol. The lowest BCUT2D eigenvalue weighted by Crippen LogP contribution is -2.52. The van der Waals surface area contributed by atoms with Crippen molar-refractivity contribution in [2.45, 2.75) is 50.6 Å². The molecule has 2 aliphatic heterocycles. The smallest absolute Gasteiger partial charge is 0.129 e. The Kier molecular flexibility index (Phi) is 5.50. The fourth-order valence-electron chi connectivity index (χ4n) is 6.19. The van der Waals surface area contributed by atoms with Crippen LogP contribution < -0.4 is 10.6 Å². The Hall–Kier alpha value is -3.70. The Balaban J connectivity index is 1.38. The number of fused-ring (bicyclic) bond motifs is 3. The van der Waals surface area contributed by atoms with Crippen LogP contribution in [0.25, 0.3) is 27.8 Å². The van der Waals surface area contributed by atoms with Crippen molar-refractivity contribution in [1.82, 2.24) is 24.4 Å². The fraction of sp³-hybridized carbons (Fsp3) is 0.407. The van der Waals surface area contributed by atoms with E-state index in [-0.39, 0.29) is 0 Å². The van der Waals surface area contributed by atoms with Gasteiger partial charge in [-0.25, -0.2) is 9.50 Å². The molecule has 2 fully saturated rings. The first-order chi connectivity index (χ1) is 17.1. The SMILES string of the molecule is Cn1cc(-c2cc(-c3ccc(N4C5CCCC4CC(CCN)C5)nc3)c3c(C#N)cnn3c2)cn1. The van der Waals surface area contributed by atoms with Gasteiger partial charge in [0.2, 0.25) is 0 Å². The minimum Gasteiger partial charge on any atom is -0.351 e. The molecule has 2 aliphatic rings. The normalized spacial score (nSPS) is 21.9. The van der Waals surface area contributed by atoms with Gasteiger partial charge >= 0.3 is 0 Å². The maximum atomic E-state index is 9.70. The summed E-state index contributed by atoms with van der Waals surface area (Å²) in [6.45, 7) is 0.781. The van der Waals surface area contributed by atoms with E-state index in [4.69, 9.17) is 10.7 Å². The molecule has 8 heteroatoms. The molecule has 0 saturated carbocycles. The number of anilines is 1. The number of hydrogen-bond donors (Lipinski definition) is 1. The predicted octanol–water partition coefficient (Wildman–Crippen LogP) is 4.15. The van der Waals surface area contributed by atoms with Crippen molar-refractivity contribution in [3.63, 3.8) is 0 Å². The van der Waals surface area contributed by atoms with Crippen LogP contribution in [-0.4, -0.2) is 43.0 Å². The van der Waals surface area contributed by atoms with Crippen molar-refractivity contribution in [1.29, 1.82) is 5.26 Å². The zero-order valence-corrected chi connectivity index (χ0v) is 20.0. The van der Waals surface area contributed by atoms with Gasteiger partial charge in [-0.1, -0.05) is 0 Å². The molecule has 2 N–H and O–H groups in total. The van der Waals surface area contributed by atoms with Crippen molar-refractivity contribution < 1.29 is 0 Å². The van der Waals surface area contributed by atoms with Gasteiger partial charge in [0.05, 0.1) is 23.5 Å². The molecule has 0 radical (unpaired) electrons. The van der Waals surface area contributed by atoms with Gasteiger partial charge < -0.3 is 10.6 Å². The number of nitriles is 1. The summed E-state index contributed by atoms with van der Waals surface area (Å²) in [5.74, 6) is 1.80. The monoisotopic (exact) mass is 466 g/mol. The van der Waals surface area contributed by atoms with Gasteiger partial charge in [-0.05, 0) is 69.2 Å². The molecule has 8 nitrogen and oxygen atoms in total. The van der Waals surface area contributed by atoms with Crippen LogP contribution in [0.4, 0.5) is 5.82 Å². The second kappa shape index (κ2) is 8.82. The number of piperidine rings is 2. The maximum absolute atomic E-state index is 9.70. The molecule has 35 heavy (non-hydrogen) atoms. The second-order valence-corrected chi connectivity index (χ2v) is 9.97. The Morgan fingerprint density at radius 3 is 2.51 bits per heavy atom. The largest absolute Gasteiger partial charge is 0.351 e. The lowest BCUT2D eigenvalue weighted by atomic mass is 9.77. The summed E-state index contributed by atoms with van der Waals surface area (Å²) < 4.78 is 3.57. The number of rotatable bonds is 5. The molecule has 2 saturated heterocycles. The van der Waals surface area contributed by atoms with Gasteiger partial charge in [-0.3, -0.25) is 4.68 Å². The molecule has 0 amide bonds. The summed E-state index contributed by atoms with van der Waals surface area (Å²) in [4.78, 5) is 7.53. The molecule has 0 spiro atoms. The third kappa shape index (κ3) is 3.86. The van der Waals surface area contributed by atoms with Gasteiger partial charge in [0.25, 0.3) is 0 Å². The van der Waals surface area contributed by atoms with Crippen molar-refractivity contribution in [2.75, 3.05) is 11.4 Å². The molecule has 0 aliphatic carbocycles. The van der Waals surface area contributed by atoms with E-state index in [9.17, 15) is 5.26 Å². The van der Waals surface area contributed by atoms with E-state index in [0.717, 1.165) is 52.5 Å². The first-order valence-corrected chi connectivity index (χ1v) is 12.5. The highest BCUT2D eigenvalue weighted by Gasteiger charge is 2.38. The first kappa shape index (κ1) is 21.8. The summed E-state index contributed by atoms with van der Waals surface area (Å²) in [5.41, 5.74) is 11.1. The molecule has 178 valence electrons. The van der Waals surface area contributed by atoms with E-state index < -0.39 is 0 Å². The Morgan fingerprint density at radius 2 is 1.86 bits per heavy atom. The van der Waals surface area contributed by atoms with Gasteiger partial charge in [-0.15, -0.1) is 0 Å². The third-order valence-electron chi connectivity index (χ3n) is 7.74. The average molecular weight is 467 g/mol. The topological polar surface area (TPSA) is 101 Å². The van der Waals surface area contributed by atoms with Gasteiger partial charge in [0.15, 0.2) is 0 Å². The van der Waals surface area contributed by atoms with Gasteiger partial charge in [0.1, 0.15) is 11.9 Å². The number of aromatic nitrogens is 5. The molecule has 2 atom stereocenters. The van der Waals surface area contributed by atoms with Crippen LogP contribution in [0, 0.1) is 17.2 Å². The molecular formula is C27H30N8. The minimum absolute atomic E-state index is 0.554. The molecular weight excluding hydrogens is 436 g/mol. The lowest BCUT2D eigenvalue weighted by molar-refractivity contribution is 0.221. The van der Waals surface area contributed by atoms with Gasteiger partial charge in [0, 0.05) is 60.0 Å². The van der Waals surface area contributed by atoms with Crippen molar-refractivity contribution >= 4 is 11.3 Å². The summed E-state index contributed by atoms with van der Waals surface area (Å²) in [7, 11) is 1.90. The molecule has 4 aromatic rings. The number of aryl methyl sites for hydroxylation is 1. The van der Waals surface area contributed by atoms with Crippen molar-refractivity contribution in [3.05, 3.63) is 54.7 Å². The third-order valence-corrected chi connectivity index (χ3v) is 7.74. The Bertz CT molecular complexity index is 1380. The summed E-state index contributed by atoms with van der Waals surface area (Å²) in [6, 6.07) is 9.80. The lowest BCUT2D eigenvalue weighted by Gasteiger charge is -2.49. The van der Waals surface area contributed by atoms with Gasteiger partial charge in [-0.2, -0.15) is 15.5 Å². The number of pyridine rings is 2. The number of nitrogens with zero attached hydrogens (tertiary/aromatic N) is 7. The molecule has 2 unspecified atom stereocenters. The zero-order valence-electron chi connectivity index (χ0n) is 20.0. The Morgan fingerprint density at radius 1 is 1.03 bits per heavy atom. The standard InChI is InChI=1S/C27H30N8/c1-33-16-22(15-31-33)20-11-25(27-21(12-29)14-32-34(27)17-20)19-5-6-26(30-13-19)35-23-3-2-4-24(35)10-18(9-23)7-8-28/h5-6,11,13-18,23-24H,2-4,7-10,28H2,1H3. The van der Waals surface area contributed by atoms with Crippen LogP contribution in [0.3, 0.4) is 0 Å². The van der Waals surface area contributed by atoms with Crippen LogP contribution in [0.15, 0.2) is 49.2 Å². The molecule has 4 aromatic heterocycles. The molecule has 6 heterocycles. The summed E-state index contributed by atoms with van der Waals surface area (Å²) in [5, 5.41) is 18.5. The number of hydrogen-bond acceptors (Lipinski definition) is 6. The number of nitrogens with two attached hydrogens (primary N) is 1. The van der Waals surface area contributed by atoms with E-state index in [2.05, 4.69) is 39.4 Å². The maximum Gasteiger partial charge on any atom is 0.129 e. The zero-order chi connectivity index (χ0) is 23.9. The van der Waals surface area contributed by atoms with Crippen molar-refractivity contribution in [2.24, 2.45) is 18.7 Å². The van der Waals surface area contributed by atoms with Crippen LogP contribution in [0.5, 0.6) is 0 Å². The summed E-state index contributed by atoms with van der Waals surface area (Å²) >= 11 is 0. The average Bonchev–Trinajstić information content (AvgIpc) is 3.49.